The summed E-state index contributed by atoms with van der Waals surface area (Å²) < 4.78 is 0. The van der Waals surface area contributed by atoms with Crippen molar-refractivity contribution in [3.05, 3.63) is 60.2 Å². The topological polar surface area (TPSA) is 61.4 Å². The Kier molecular flexibility index (Phi) is 8.68. The van der Waals surface area contributed by atoms with Crippen molar-refractivity contribution in [2.45, 2.75) is 26.2 Å². The van der Waals surface area contributed by atoms with Crippen LogP contribution in [0.4, 0.5) is 11.4 Å². The van der Waals surface area contributed by atoms with Crippen LogP contribution in [0.5, 0.6) is 0 Å². The second kappa shape index (κ2) is 11.0. The van der Waals surface area contributed by atoms with Gasteiger partial charge in [-0.25, -0.2) is 0 Å². The number of rotatable bonds is 6. The molecular formula is C23H30ClN3O2. The van der Waals surface area contributed by atoms with Crippen molar-refractivity contribution in [1.82, 2.24) is 5.32 Å². The van der Waals surface area contributed by atoms with Gasteiger partial charge in [-0.2, -0.15) is 0 Å². The van der Waals surface area contributed by atoms with E-state index in [9.17, 15) is 9.59 Å². The van der Waals surface area contributed by atoms with Gasteiger partial charge in [0.05, 0.1) is 0 Å². The summed E-state index contributed by atoms with van der Waals surface area (Å²) in [6.07, 6.45) is 2.77. The number of nitrogens with one attached hydrogen (secondary N) is 2. The Bertz CT molecular complexity index is 807. The maximum atomic E-state index is 12.8. The number of anilines is 2. The Balaban J connectivity index is 0.00000300. The fraction of sp³-hybridized carbons (Fsp3) is 0.391. The van der Waals surface area contributed by atoms with Crippen molar-refractivity contribution in [3.8, 4) is 0 Å². The Morgan fingerprint density at radius 3 is 2.48 bits per heavy atom. The van der Waals surface area contributed by atoms with E-state index in [1.807, 2.05) is 36.4 Å². The molecule has 156 valence electrons. The van der Waals surface area contributed by atoms with Crippen molar-refractivity contribution >= 4 is 35.6 Å². The lowest BCUT2D eigenvalue weighted by atomic mass is 9.84. The predicted molar refractivity (Wildman–Crippen MR) is 121 cm³/mol. The van der Waals surface area contributed by atoms with Gasteiger partial charge in [-0.15, -0.1) is 12.4 Å². The summed E-state index contributed by atoms with van der Waals surface area (Å²) >= 11 is 0. The number of hydrogen-bond donors (Lipinski definition) is 2. The van der Waals surface area contributed by atoms with Crippen LogP contribution in [0.1, 0.15) is 36.5 Å². The van der Waals surface area contributed by atoms with Gasteiger partial charge in [0.1, 0.15) is 0 Å². The Morgan fingerprint density at radius 2 is 1.79 bits per heavy atom. The molecule has 1 aliphatic heterocycles. The number of amides is 2. The van der Waals surface area contributed by atoms with Crippen molar-refractivity contribution < 1.29 is 9.59 Å². The molecule has 0 radical (unpaired) electrons. The van der Waals surface area contributed by atoms with Gasteiger partial charge in [0.2, 0.25) is 5.91 Å². The SMILES string of the molecule is CC(CC(=O)Nc1cccc(C(=O)N(C)c2ccccc2)c1)C1CCNCC1.Cl. The average Bonchev–Trinajstić information content (AvgIpc) is 2.74. The Labute approximate surface area is 179 Å². The molecule has 2 amide bonds. The lowest BCUT2D eigenvalue weighted by molar-refractivity contribution is -0.117. The molecule has 2 aromatic rings. The summed E-state index contributed by atoms with van der Waals surface area (Å²) in [5.74, 6) is 0.855. The minimum absolute atomic E-state index is 0. The minimum atomic E-state index is -0.106. The molecule has 0 aromatic heterocycles. The van der Waals surface area contributed by atoms with E-state index in [0.717, 1.165) is 31.6 Å². The number of carbonyl (C=O) groups excluding carboxylic acids is 2. The molecule has 1 unspecified atom stereocenters. The zero-order chi connectivity index (χ0) is 19.9. The van der Waals surface area contributed by atoms with E-state index in [1.54, 1.807) is 30.1 Å². The molecular weight excluding hydrogens is 386 g/mol. The second-order valence-electron chi connectivity index (χ2n) is 7.60. The molecule has 2 N–H and O–H groups in total. The predicted octanol–water partition coefficient (Wildman–Crippen LogP) is 4.35. The highest BCUT2D eigenvalue weighted by Crippen LogP contribution is 2.25. The quantitative estimate of drug-likeness (QED) is 0.737. The number of piperidine rings is 1. The normalized spacial score (nSPS) is 15.1. The number of nitrogens with zero attached hydrogens (tertiary/aromatic N) is 1. The number of para-hydroxylation sites is 1. The van der Waals surface area contributed by atoms with Crippen LogP contribution in [0, 0.1) is 11.8 Å². The van der Waals surface area contributed by atoms with Gasteiger partial charge in [0.15, 0.2) is 0 Å². The third-order valence-electron chi connectivity index (χ3n) is 5.54. The molecule has 1 aliphatic rings. The summed E-state index contributed by atoms with van der Waals surface area (Å²) in [6.45, 7) is 4.23. The van der Waals surface area contributed by atoms with Gasteiger partial charge in [0, 0.05) is 30.4 Å². The fourth-order valence-corrected chi connectivity index (χ4v) is 3.78. The molecule has 2 aromatic carbocycles. The van der Waals surface area contributed by atoms with Crippen LogP contribution in [0.2, 0.25) is 0 Å². The summed E-state index contributed by atoms with van der Waals surface area (Å²) in [5.41, 5.74) is 2.04. The van der Waals surface area contributed by atoms with Crippen molar-refractivity contribution in [3.63, 3.8) is 0 Å². The van der Waals surface area contributed by atoms with Gasteiger partial charge in [-0.3, -0.25) is 9.59 Å². The lowest BCUT2D eigenvalue weighted by Gasteiger charge is -2.27. The van der Waals surface area contributed by atoms with Crippen molar-refractivity contribution in [2.75, 3.05) is 30.4 Å². The molecule has 0 aliphatic carbocycles. The zero-order valence-electron chi connectivity index (χ0n) is 17.1. The third kappa shape index (κ3) is 6.31. The molecule has 1 saturated heterocycles. The van der Waals surface area contributed by atoms with E-state index in [0.29, 0.717) is 29.5 Å². The van der Waals surface area contributed by atoms with Gasteiger partial charge in [-0.1, -0.05) is 31.2 Å². The van der Waals surface area contributed by atoms with E-state index >= 15 is 0 Å². The minimum Gasteiger partial charge on any atom is -0.326 e. The average molecular weight is 416 g/mol. The van der Waals surface area contributed by atoms with E-state index < -0.39 is 0 Å². The van der Waals surface area contributed by atoms with Gasteiger partial charge < -0.3 is 15.5 Å². The lowest BCUT2D eigenvalue weighted by Crippen LogP contribution is -2.32. The van der Waals surface area contributed by atoms with Crippen LogP contribution < -0.4 is 15.5 Å². The monoisotopic (exact) mass is 415 g/mol. The number of carbonyl (C=O) groups is 2. The highest BCUT2D eigenvalue weighted by Gasteiger charge is 2.22. The van der Waals surface area contributed by atoms with Gasteiger partial charge >= 0.3 is 0 Å². The van der Waals surface area contributed by atoms with E-state index in [-0.39, 0.29) is 24.2 Å². The molecule has 29 heavy (non-hydrogen) atoms. The van der Waals surface area contributed by atoms with Crippen LogP contribution in [0.3, 0.4) is 0 Å². The van der Waals surface area contributed by atoms with Crippen LogP contribution >= 0.6 is 12.4 Å². The smallest absolute Gasteiger partial charge is 0.258 e. The molecule has 5 nitrogen and oxygen atoms in total. The summed E-state index contributed by atoms with van der Waals surface area (Å²) in [4.78, 5) is 26.9. The summed E-state index contributed by atoms with van der Waals surface area (Å²) in [7, 11) is 1.75. The molecule has 0 spiro atoms. The Hall–Kier alpha value is -2.37. The second-order valence-corrected chi connectivity index (χ2v) is 7.60. The van der Waals surface area contributed by atoms with Gasteiger partial charge in [-0.05, 0) is 68.1 Å². The number of hydrogen-bond acceptors (Lipinski definition) is 3. The maximum absolute atomic E-state index is 12.8. The largest absolute Gasteiger partial charge is 0.326 e. The zero-order valence-corrected chi connectivity index (χ0v) is 17.9. The van der Waals surface area contributed by atoms with E-state index in [4.69, 9.17) is 0 Å². The van der Waals surface area contributed by atoms with Crippen LogP contribution in [-0.2, 0) is 4.79 Å². The Morgan fingerprint density at radius 1 is 1.10 bits per heavy atom. The van der Waals surface area contributed by atoms with Crippen molar-refractivity contribution in [2.24, 2.45) is 11.8 Å². The van der Waals surface area contributed by atoms with E-state index in [2.05, 4.69) is 17.6 Å². The fourth-order valence-electron chi connectivity index (χ4n) is 3.78. The van der Waals surface area contributed by atoms with Crippen LogP contribution in [0.15, 0.2) is 54.6 Å². The molecule has 1 atom stereocenters. The van der Waals surface area contributed by atoms with Crippen LogP contribution in [0.25, 0.3) is 0 Å². The first-order chi connectivity index (χ1) is 13.5. The first-order valence-electron chi connectivity index (χ1n) is 9.98. The highest BCUT2D eigenvalue weighted by atomic mass is 35.5. The van der Waals surface area contributed by atoms with Gasteiger partial charge in [0.25, 0.3) is 5.91 Å². The molecule has 1 heterocycles. The first kappa shape index (κ1) is 22.9. The van der Waals surface area contributed by atoms with Crippen molar-refractivity contribution in [1.29, 1.82) is 0 Å². The molecule has 1 fully saturated rings. The van der Waals surface area contributed by atoms with E-state index in [1.165, 1.54) is 0 Å². The third-order valence-corrected chi connectivity index (χ3v) is 5.54. The standard InChI is InChI=1S/C23H29N3O2.ClH/c1-17(18-11-13-24-14-12-18)15-22(27)25-20-8-6-7-19(16-20)23(28)26(2)21-9-4-3-5-10-21;/h3-10,16-18,24H,11-15H2,1-2H3,(H,25,27);1H. The number of benzene rings is 2. The molecule has 3 rings (SSSR count). The molecule has 0 bridgehead atoms. The molecule has 6 heteroatoms. The maximum Gasteiger partial charge on any atom is 0.258 e. The number of halogens is 1. The summed E-state index contributed by atoms with van der Waals surface area (Å²) in [6, 6.07) is 16.7. The summed E-state index contributed by atoms with van der Waals surface area (Å²) in [5, 5.41) is 6.32. The first-order valence-corrected chi connectivity index (χ1v) is 9.98. The molecule has 0 saturated carbocycles. The highest BCUT2D eigenvalue weighted by molar-refractivity contribution is 6.06. The van der Waals surface area contributed by atoms with Crippen LogP contribution in [-0.4, -0.2) is 32.0 Å².